The molecule has 250 valence electrons. The van der Waals surface area contributed by atoms with E-state index >= 15 is 0 Å². The second kappa shape index (κ2) is 13.3. The highest BCUT2D eigenvalue weighted by molar-refractivity contribution is 5.50. The molecule has 0 unspecified atom stereocenters. The SMILES string of the molecule is O=CCCc1cn(-c2cccnc2)c(=O)c(N2CC3(COC3)C2)n1.O=c1c(N2CC3(COC3)C2)nc(CCCO)cn1-c1cncnc1. The number of hydrogen-bond donors (Lipinski definition) is 1. The fourth-order valence-corrected chi connectivity index (χ4v) is 6.44. The van der Waals surface area contributed by atoms with Gasteiger partial charge in [0.25, 0.3) is 11.1 Å². The fraction of sp³-hybridized carbons (Fsp3) is 0.455. The Morgan fingerprint density at radius 1 is 0.771 bits per heavy atom. The molecular formula is C33H37N9O6. The maximum Gasteiger partial charge on any atom is 0.298 e. The summed E-state index contributed by atoms with van der Waals surface area (Å²) < 4.78 is 13.7. The number of aliphatic hydroxyl groups excluding tert-OH is 1. The van der Waals surface area contributed by atoms with Crippen molar-refractivity contribution in [3.05, 3.63) is 87.7 Å². The Morgan fingerprint density at radius 2 is 1.31 bits per heavy atom. The number of carbonyl (C=O) groups is 1. The van der Waals surface area contributed by atoms with Crippen LogP contribution in [0, 0.1) is 10.8 Å². The summed E-state index contributed by atoms with van der Waals surface area (Å²) in [4.78, 5) is 61.6. The van der Waals surface area contributed by atoms with E-state index in [1.165, 1.54) is 10.9 Å². The first kappa shape index (κ1) is 31.7. The highest BCUT2D eigenvalue weighted by atomic mass is 16.5. The molecular weight excluding hydrogens is 618 g/mol. The Kier molecular flexibility index (Phi) is 8.81. The summed E-state index contributed by atoms with van der Waals surface area (Å²) in [6.45, 7) is 6.29. The molecule has 8 heterocycles. The molecule has 0 aliphatic carbocycles. The predicted molar refractivity (Wildman–Crippen MR) is 174 cm³/mol. The van der Waals surface area contributed by atoms with Gasteiger partial charge in [-0.3, -0.25) is 23.7 Å². The van der Waals surface area contributed by atoms with Crippen LogP contribution in [0.2, 0.25) is 0 Å². The van der Waals surface area contributed by atoms with Gasteiger partial charge in [0.05, 0.1) is 78.6 Å². The van der Waals surface area contributed by atoms with E-state index in [0.717, 1.165) is 70.3 Å². The predicted octanol–water partition coefficient (Wildman–Crippen LogP) is 0.380. The van der Waals surface area contributed by atoms with Crippen molar-refractivity contribution in [1.82, 2.24) is 34.1 Å². The zero-order valence-electron chi connectivity index (χ0n) is 26.5. The molecule has 4 aliphatic rings. The molecule has 0 atom stereocenters. The lowest BCUT2D eigenvalue weighted by Gasteiger charge is -2.55. The van der Waals surface area contributed by atoms with Crippen LogP contribution in [0.4, 0.5) is 11.6 Å². The molecule has 4 aromatic heterocycles. The van der Waals surface area contributed by atoms with Gasteiger partial charge >= 0.3 is 0 Å². The highest BCUT2D eigenvalue weighted by Crippen LogP contribution is 2.39. The van der Waals surface area contributed by atoms with Crippen LogP contribution in [0.3, 0.4) is 0 Å². The first-order chi connectivity index (χ1) is 23.4. The first-order valence-corrected chi connectivity index (χ1v) is 16.0. The third kappa shape index (κ3) is 6.23. The molecule has 0 saturated carbocycles. The summed E-state index contributed by atoms with van der Waals surface area (Å²) in [5, 5.41) is 9.07. The van der Waals surface area contributed by atoms with Crippen LogP contribution in [0.1, 0.15) is 24.2 Å². The molecule has 4 saturated heterocycles. The normalized spacial score (nSPS) is 18.2. The van der Waals surface area contributed by atoms with Crippen molar-refractivity contribution in [2.24, 2.45) is 10.8 Å². The number of carbonyl (C=O) groups excluding carboxylic acids is 1. The molecule has 48 heavy (non-hydrogen) atoms. The third-order valence-corrected chi connectivity index (χ3v) is 9.07. The second-order valence-corrected chi connectivity index (χ2v) is 13.0. The van der Waals surface area contributed by atoms with E-state index in [1.54, 1.807) is 47.8 Å². The van der Waals surface area contributed by atoms with Crippen LogP contribution < -0.4 is 20.9 Å². The Bertz CT molecular complexity index is 1860. The summed E-state index contributed by atoms with van der Waals surface area (Å²) in [6.07, 6.45) is 14.3. The average Bonchev–Trinajstić information content (AvgIpc) is 3.03. The van der Waals surface area contributed by atoms with Gasteiger partial charge < -0.3 is 29.2 Å². The number of pyridine rings is 1. The van der Waals surface area contributed by atoms with Crippen molar-refractivity contribution in [2.45, 2.75) is 25.7 Å². The monoisotopic (exact) mass is 655 g/mol. The molecule has 15 heteroatoms. The minimum Gasteiger partial charge on any atom is -0.396 e. The lowest BCUT2D eigenvalue weighted by atomic mass is 9.78. The van der Waals surface area contributed by atoms with Crippen molar-refractivity contribution >= 4 is 17.9 Å². The lowest BCUT2D eigenvalue weighted by Crippen LogP contribution is -2.67. The Labute approximate surface area is 275 Å². The number of hydrogen-bond acceptors (Lipinski definition) is 13. The first-order valence-electron chi connectivity index (χ1n) is 16.0. The van der Waals surface area contributed by atoms with Crippen LogP contribution in [0.15, 0.2) is 65.2 Å². The maximum atomic E-state index is 12.9. The van der Waals surface area contributed by atoms with Gasteiger partial charge in [-0.1, -0.05) is 0 Å². The van der Waals surface area contributed by atoms with E-state index < -0.39 is 0 Å². The third-order valence-electron chi connectivity index (χ3n) is 9.07. The lowest BCUT2D eigenvalue weighted by molar-refractivity contribution is -0.127. The molecule has 0 bridgehead atoms. The zero-order valence-corrected chi connectivity index (χ0v) is 26.5. The molecule has 0 aromatic carbocycles. The molecule has 1 N–H and O–H groups in total. The summed E-state index contributed by atoms with van der Waals surface area (Å²) in [5.41, 5.74) is 2.88. The smallest absolute Gasteiger partial charge is 0.298 e. The van der Waals surface area contributed by atoms with Crippen LogP contribution in [0.5, 0.6) is 0 Å². The Balaban J connectivity index is 0.000000152. The van der Waals surface area contributed by atoms with E-state index in [2.05, 4.69) is 24.9 Å². The topological polar surface area (TPSA) is 171 Å². The van der Waals surface area contributed by atoms with Crippen molar-refractivity contribution in [3.63, 3.8) is 0 Å². The summed E-state index contributed by atoms with van der Waals surface area (Å²) >= 11 is 0. The average molecular weight is 656 g/mol. The molecule has 0 radical (unpaired) electrons. The summed E-state index contributed by atoms with van der Waals surface area (Å²) in [6, 6.07) is 3.62. The van der Waals surface area contributed by atoms with Gasteiger partial charge in [-0.2, -0.15) is 0 Å². The number of aromatic nitrogens is 7. The van der Waals surface area contributed by atoms with Gasteiger partial charge in [0.15, 0.2) is 11.6 Å². The van der Waals surface area contributed by atoms with Crippen LogP contribution >= 0.6 is 0 Å². The maximum absolute atomic E-state index is 12.9. The van der Waals surface area contributed by atoms with Gasteiger partial charge in [0.1, 0.15) is 12.6 Å². The van der Waals surface area contributed by atoms with E-state index in [0.29, 0.717) is 48.7 Å². The van der Waals surface area contributed by atoms with E-state index in [1.807, 2.05) is 15.9 Å². The van der Waals surface area contributed by atoms with Gasteiger partial charge in [0.2, 0.25) is 0 Å². The number of anilines is 2. The Hall–Kier alpha value is -4.86. The number of aliphatic hydroxyl groups is 1. The van der Waals surface area contributed by atoms with Gasteiger partial charge in [-0.15, -0.1) is 0 Å². The molecule has 4 fully saturated rings. The molecule has 0 amide bonds. The van der Waals surface area contributed by atoms with Crippen molar-refractivity contribution < 1.29 is 19.4 Å². The van der Waals surface area contributed by atoms with Gasteiger partial charge in [0, 0.05) is 57.8 Å². The quantitative estimate of drug-likeness (QED) is 0.233. The second-order valence-electron chi connectivity index (χ2n) is 13.0. The highest BCUT2D eigenvalue weighted by Gasteiger charge is 2.51. The van der Waals surface area contributed by atoms with E-state index in [4.69, 9.17) is 14.6 Å². The minimum atomic E-state index is -0.173. The standard InChI is InChI=1S/C17H18N4O3.C16H19N5O3/c22-6-2-3-13-8-21(14-4-1-5-18-7-14)16(23)15(19-13)20-9-17(10-20)11-24-12-17;22-3-1-2-12-6-21(13-4-17-11-18-5-13)15(23)14(19-12)20-7-16(8-20)9-24-10-16/h1,4-8H,2-3,9-12H2;4-6,11,22H,1-3,7-10H2. The number of aldehydes is 1. The van der Waals surface area contributed by atoms with Gasteiger partial charge in [-0.05, 0) is 31.4 Å². The number of nitrogens with zero attached hydrogens (tertiary/aromatic N) is 9. The molecule has 15 nitrogen and oxygen atoms in total. The molecule has 4 aliphatic heterocycles. The van der Waals surface area contributed by atoms with Gasteiger partial charge in [-0.25, -0.2) is 19.9 Å². The molecule has 4 aromatic rings. The molecule has 8 rings (SSSR count). The van der Waals surface area contributed by atoms with Crippen LogP contribution in [-0.2, 0) is 27.1 Å². The van der Waals surface area contributed by atoms with Crippen molar-refractivity contribution in [1.29, 1.82) is 0 Å². The van der Waals surface area contributed by atoms with E-state index in [9.17, 15) is 14.4 Å². The molecule has 2 spiro atoms. The fourth-order valence-electron chi connectivity index (χ4n) is 6.44. The van der Waals surface area contributed by atoms with E-state index in [-0.39, 0.29) is 28.6 Å². The summed E-state index contributed by atoms with van der Waals surface area (Å²) in [5.74, 6) is 0.895. The number of ether oxygens (including phenoxy) is 2. The zero-order chi connectivity index (χ0) is 33.1. The summed E-state index contributed by atoms with van der Waals surface area (Å²) in [7, 11) is 0. The minimum absolute atomic E-state index is 0.0920. The number of rotatable bonds is 10. The van der Waals surface area contributed by atoms with Crippen molar-refractivity contribution in [3.8, 4) is 11.4 Å². The van der Waals surface area contributed by atoms with Crippen molar-refractivity contribution in [2.75, 3.05) is 69.0 Å². The van der Waals surface area contributed by atoms with Crippen LogP contribution in [-0.4, -0.2) is 105 Å². The number of aryl methyl sites for hydroxylation is 2. The van der Waals surface area contributed by atoms with Crippen LogP contribution in [0.25, 0.3) is 11.4 Å². The largest absolute Gasteiger partial charge is 0.396 e. The Morgan fingerprint density at radius 3 is 1.79 bits per heavy atom.